The lowest BCUT2D eigenvalue weighted by molar-refractivity contribution is -0.122. The van der Waals surface area contributed by atoms with Crippen molar-refractivity contribution in [3.63, 3.8) is 0 Å². The Kier molecular flexibility index (Phi) is 3.87. The van der Waals surface area contributed by atoms with Gasteiger partial charge in [0, 0.05) is 24.9 Å². The van der Waals surface area contributed by atoms with Crippen LogP contribution in [0.15, 0.2) is 0 Å². The fourth-order valence-corrected chi connectivity index (χ4v) is 2.85. The molecule has 0 N–H and O–H groups in total. The molecular weight excluding hydrogens is 236 g/mol. The molecular formula is C13H19ClN2O. The molecule has 1 atom stereocenters. The molecule has 1 aromatic rings. The van der Waals surface area contributed by atoms with Crippen LogP contribution in [0.4, 0.5) is 0 Å². The van der Waals surface area contributed by atoms with Gasteiger partial charge in [-0.15, -0.1) is 0 Å². The van der Waals surface area contributed by atoms with Gasteiger partial charge in [-0.2, -0.15) is 5.10 Å². The maximum absolute atomic E-state index is 12.0. The lowest BCUT2D eigenvalue weighted by Crippen LogP contribution is -2.15. The molecule has 1 aromatic heterocycles. The number of aryl methyl sites for hydroxylation is 2. The summed E-state index contributed by atoms with van der Waals surface area (Å²) in [7, 11) is 1.84. The maximum atomic E-state index is 12.0. The van der Waals surface area contributed by atoms with Gasteiger partial charge in [0.2, 0.25) is 0 Å². The minimum Gasteiger partial charge on any atom is -0.299 e. The summed E-state index contributed by atoms with van der Waals surface area (Å²) >= 11 is 6.21. The lowest BCUT2D eigenvalue weighted by Gasteiger charge is -2.12. The molecule has 0 saturated heterocycles. The van der Waals surface area contributed by atoms with Crippen LogP contribution in [0.5, 0.6) is 0 Å². The Hall–Kier alpha value is -0.830. The highest BCUT2D eigenvalue weighted by molar-refractivity contribution is 6.30. The van der Waals surface area contributed by atoms with Gasteiger partial charge in [-0.25, -0.2) is 0 Å². The second-order valence-electron chi connectivity index (χ2n) is 4.95. The number of carbonyl (C=O) groups excluding carboxylic acids is 1. The third-order valence-corrected chi connectivity index (χ3v) is 4.12. The van der Waals surface area contributed by atoms with Crippen LogP contribution in [0.2, 0.25) is 5.15 Å². The molecule has 0 spiro atoms. The van der Waals surface area contributed by atoms with E-state index in [4.69, 9.17) is 11.6 Å². The van der Waals surface area contributed by atoms with Crippen molar-refractivity contribution in [3.8, 4) is 0 Å². The topological polar surface area (TPSA) is 34.9 Å². The summed E-state index contributed by atoms with van der Waals surface area (Å²) in [5.41, 5.74) is 2.00. The summed E-state index contributed by atoms with van der Waals surface area (Å²) in [6, 6.07) is 0. The fraction of sp³-hybridized carbons (Fsp3) is 0.692. The molecule has 2 rings (SSSR count). The Morgan fingerprint density at radius 2 is 2.18 bits per heavy atom. The van der Waals surface area contributed by atoms with Gasteiger partial charge in [-0.1, -0.05) is 24.4 Å². The number of nitrogens with zero attached hydrogens (tertiary/aromatic N) is 2. The zero-order chi connectivity index (χ0) is 12.4. The average Bonchev–Trinajstić information content (AvgIpc) is 2.45. The van der Waals surface area contributed by atoms with E-state index in [2.05, 4.69) is 5.10 Å². The van der Waals surface area contributed by atoms with Crippen molar-refractivity contribution < 1.29 is 4.79 Å². The number of aromatic nitrogens is 2. The summed E-state index contributed by atoms with van der Waals surface area (Å²) in [6.07, 6.45) is 5.90. The first-order valence-electron chi connectivity index (χ1n) is 6.30. The van der Waals surface area contributed by atoms with E-state index in [-0.39, 0.29) is 5.92 Å². The second kappa shape index (κ2) is 5.21. The van der Waals surface area contributed by atoms with Crippen LogP contribution >= 0.6 is 11.6 Å². The van der Waals surface area contributed by atoms with Crippen LogP contribution in [0, 0.1) is 12.8 Å². The number of hydrogen-bond donors (Lipinski definition) is 0. The first-order valence-corrected chi connectivity index (χ1v) is 6.68. The maximum Gasteiger partial charge on any atom is 0.136 e. The molecule has 4 heteroatoms. The molecule has 0 amide bonds. The quantitative estimate of drug-likeness (QED) is 0.761. The molecule has 0 aliphatic heterocycles. The minimum atomic E-state index is 0.151. The van der Waals surface area contributed by atoms with Gasteiger partial charge in [0.15, 0.2) is 0 Å². The predicted molar refractivity (Wildman–Crippen MR) is 68.2 cm³/mol. The molecule has 17 heavy (non-hydrogen) atoms. The van der Waals surface area contributed by atoms with Gasteiger partial charge >= 0.3 is 0 Å². The molecule has 1 aliphatic carbocycles. The molecule has 94 valence electrons. The smallest absolute Gasteiger partial charge is 0.136 e. The molecule has 1 fully saturated rings. The normalized spacial score (nSPS) is 21.6. The van der Waals surface area contributed by atoms with Gasteiger partial charge in [-0.05, 0) is 26.2 Å². The molecule has 1 unspecified atom stereocenters. The van der Waals surface area contributed by atoms with Crippen molar-refractivity contribution in [2.75, 3.05) is 0 Å². The predicted octanol–water partition coefficient (Wildman–Crippen LogP) is 3.07. The number of rotatable bonds is 2. The molecule has 1 heterocycles. The summed E-state index contributed by atoms with van der Waals surface area (Å²) < 4.78 is 1.69. The van der Waals surface area contributed by atoms with E-state index >= 15 is 0 Å². The van der Waals surface area contributed by atoms with Gasteiger partial charge in [0.25, 0.3) is 0 Å². The van der Waals surface area contributed by atoms with E-state index in [1.54, 1.807) is 4.68 Å². The number of ketones is 1. The monoisotopic (exact) mass is 254 g/mol. The van der Waals surface area contributed by atoms with E-state index in [0.717, 1.165) is 43.4 Å². The van der Waals surface area contributed by atoms with Crippen LogP contribution in [0.25, 0.3) is 0 Å². The SMILES string of the molecule is Cc1nn(C)c(Cl)c1CC1CCCCCC1=O. The Morgan fingerprint density at radius 3 is 2.82 bits per heavy atom. The van der Waals surface area contributed by atoms with Gasteiger partial charge in [-0.3, -0.25) is 9.48 Å². The van der Waals surface area contributed by atoms with Gasteiger partial charge < -0.3 is 0 Å². The van der Waals surface area contributed by atoms with Crippen LogP contribution in [0.3, 0.4) is 0 Å². The number of halogens is 1. The Balaban J connectivity index is 2.16. The molecule has 1 saturated carbocycles. The van der Waals surface area contributed by atoms with Crippen molar-refractivity contribution in [3.05, 3.63) is 16.4 Å². The molecule has 0 radical (unpaired) electrons. The highest BCUT2D eigenvalue weighted by atomic mass is 35.5. The second-order valence-corrected chi connectivity index (χ2v) is 5.30. The first kappa shape index (κ1) is 12.6. The summed E-state index contributed by atoms with van der Waals surface area (Å²) in [6.45, 7) is 1.96. The van der Waals surface area contributed by atoms with E-state index in [0.29, 0.717) is 10.9 Å². The standard InChI is InChI=1S/C13H19ClN2O/c1-9-11(13(14)16(2)15-9)8-10-6-4-3-5-7-12(10)17/h10H,3-8H2,1-2H3. The van der Waals surface area contributed by atoms with E-state index in [1.165, 1.54) is 6.42 Å². The highest BCUT2D eigenvalue weighted by Gasteiger charge is 2.24. The third-order valence-electron chi connectivity index (χ3n) is 3.65. The van der Waals surface area contributed by atoms with E-state index < -0.39 is 0 Å². The van der Waals surface area contributed by atoms with Crippen molar-refractivity contribution in [1.29, 1.82) is 0 Å². The summed E-state index contributed by atoms with van der Waals surface area (Å²) in [4.78, 5) is 12.0. The Bertz CT molecular complexity index is 425. The molecule has 0 bridgehead atoms. The fourth-order valence-electron chi connectivity index (χ4n) is 2.60. The van der Waals surface area contributed by atoms with E-state index in [1.807, 2.05) is 14.0 Å². The summed E-state index contributed by atoms with van der Waals surface area (Å²) in [5, 5.41) is 4.98. The van der Waals surface area contributed by atoms with Crippen LogP contribution < -0.4 is 0 Å². The first-order chi connectivity index (χ1) is 8.09. The van der Waals surface area contributed by atoms with E-state index in [9.17, 15) is 4.79 Å². The van der Waals surface area contributed by atoms with Crippen molar-refractivity contribution >= 4 is 17.4 Å². The lowest BCUT2D eigenvalue weighted by atomic mass is 9.92. The third kappa shape index (κ3) is 2.71. The van der Waals surface area contributed by atoms with Crippen molar-refractivity contribution in [1.82, 2.24) is 9.78 Å². The molecule has 0 aromatic carbocycles. The zero-order valence-corrected chi connectivity index (χ0v) is 11.3. The van der Waals surface area contributed by atoms with Crippen molar-refractivity contribution in [2.45, 2.75) is 45.4 Å². The number of hydrogen-bond acceptors (Lipinski definition) is 2. The Labute approximate surface area is 107 Å². The largest absolute Gasteiger partial charge is 0.299 e. The van der Waals surface area contributed by atoms with Gasteiger partial charge in [0.1, 0.15) is 10.9 Å². The molecule has 1 aliphatic rings. The number of Topliss-reactive ketones (excluding diaryl/α,β-unsaturated/α-hetero) is 1. The summed E-state index contributed by atoms with van der Waals surface area (Å²) in [5.74, 6) is 0.555. The highest BCUT2D eigenvalue weighted by Crippen LogP contribution is 2.28. The zero-order valence-electron chi connectivity index (χ0n) is 10.5. The minimum absolute atomic E-state index is 0.151. The van der Waals surface area contributed by atoms with Crippen molar-refractivity contribution in [2.24, 2.45) is 13.0 Å². The number of carbonyl (C=O) groups is 1. The van der Waals surface area contributed by atoms with Crippen LogP contribution in [0.1, 0.15) is 43.4 Å². The average molecular weight is 255 g/mol. The molecule has 3 nitrogen and oxygen atoms in total. The van der Waals surface area contributed by atoms with Gasteiger partial charge in [0.05, 0.1) is 5.69 Å². The van der Waals surface area contributed by atoms with Crippen LogP contribution in [-0.2, 0) is 18.3 Å². The Morgan fingerprint density at radius 1 is 1.41 bits per heavy atom. The van der Waals surface area contributed by atoms with Crippen LogP contribution in [-0.4, -0.2) is 15.6 Å².